The summed E-state index contributed by atoms with van der Waals surface area (Å²) in [6.07, 6.45) is -2.42. The molecule has 4 heteroatoms. The summed E-state index contributed by atoms with van der Waals surface area (Å²) in [4.78, 5) is 2.20. The third-order valence-electron chi connectivity index (χ3n) is 3.33. The lowest BCUT2D eigenvalue weighted by Crippen LogP contribution is -2.29. The number of halogens is 3. The van der Waals surface area contributed by atoms with Crippen LogP contribution in [0.4, 0.5) is 13.2 Å². The predicted octanol–water partition coefficient (Wildman–Crippen LogP) is 3.31. The van der Waals surface area contributed by atoms with Gasteiger partial charge in [0.25, 0.3) is 0 Å². The van der Waals surface area contributed by atoms with Crippen LogP contribution in [-0.4, -0.2) is 25.0 Å². The Morgan fingerprint density at radius 1 is 1.24 bits per heavy atom. The number of rotatable bonds is 1. The van der Waals surface area contributed by atoms with Crippen LogP contribution in [0.1, 0.15) is 29.9 Å². The summed E-state index contributed by atoms with van der Waals surface area (Å²) in [6, 6.07) is 6.58. The number of benzene rings is 1. The smallest absolute Gasteiger partial charge is 0.306 e. The molecular formula is C13H15F3N. The van der Waals surface area contributed by atoms with E-state index >= 15 is 0 Å². The molecule has 1 radical (unpaired) electrons. The standard InChI is InChI=1S/C13H15F3N/c1-17-7-5-10(6-8-17)11-3-2-4-12(9-11)13(14,15)16/h3-4,9-10H,5-8H2,1H3. The third-order valence-corrected chi connectivity index (χ3v) is 3.33. The molecule has 1 aliphatic heterocycles. The Hall–Kier alpha value is -1.03. The summed E-state index contributed by atoms with van der Waals surface area (Å²) in [6.45, 7) is 1.89. The summed E-state index contributed by atoms with van der Waals surface area (Å²) >= 11 is 0. The second kappa shape index (κ2) is 4.69. The molecule has 0 unspecified atom stereocenters. The SMILES string of the molecule is CN1CCC(c2c[c]cc(C(F)(F)F)c2)CC1. The molecule has 1 nitrogen and oxygen atoms in total. The first-order valence-electron chi connectivity index (χ1n) is 5.73. The van der Waals surface area contributed by atoms with Crippen molar-refractivity contribution in [3.8, 4) is 0 Å². The Balaban J connectivity index is 2.16. The van der Waals surface area contributed by atoms with Crippen LogP contribution in [0.5, 0.6) is 0 Å². The van der Waals surface area contributed by atoms with Crippen LogP contribution in [0.25, 0.3) is 0 Å². The maximum Gasteiger partial charge on any atom is 0.416 e. The largest absolute Gasteiger partial charge is 0.416 e. The Kier molecular flexibility index (Phi) is 3.43. The Morgan fingerprint density at radius 2 is 1.88 bits per heavy atom. The van der Waals surface area contributed by atoms with E-state index in [1.165, 1.54) is 6.07 Å². The number of hydrogen-bond acceptors (Lipinski definition) is 1. The van der Waals surface area contributed by atoms with Crippen LogP contribution in [-0.2, 0) is 6.18 Å². The number of likely N-dealkylation sites (tertiary alicyclic amines) is 1. The number of nitrogens with zero attached hydrogens (tertiary/aromatic N) is 1. The molecular weight excluding hydrogens is 227 g/mol. The third kappa shape index (κ3) is 3.00. The van der Waals surface area contributed by atoms with E-state index < -0.39 is 11.7 Å². The maximum absolute atomic E-state index is 12.6. The quantitative estimate of drug-likeness (QED) is 0.730. The first-order chi connectivity index (χ1) is 7.97. The molecule has 0 spiro atoms. The number of piperidine rings is 1. The average Bonchev–Trinajstić information content (AvgIpc) is 2.29. The van der Waals surface area contributed by atoms with Gasteiger partial charge in [0, 0.05) is 0 Å². The second-order valence-electron chi connectivity index (χ2n) is 4.63. The fourth-order valence-corrected chi connectivity index (χ4v) is 2.23. The lowest BCUT2D eigenvalue weighted by Gasteiger charge is -2.29. The molecule has 0 saturated carbocycles. The highest BCUT2D eigenvalue weighted by Crippen LogP contribution is 2.33. The Labute approximate surface area is 99.2 Å². The van der Waals surface area contributed by atoms with Gasteiger partial charge in [0.05, 0.1) is 5.56 Å². The molecule has 93 valence electrons. The van der Waals surface area contributed by atoms with Crippen LogP contribution in [0.2, 0.25) is 0 Å². The molecule has 0 amide bonds. The zero-order chi connectivity index (χ0) is 12.5. The van der Waals surface area contributed by atoms with Crippen LogP contribution >= 0.6 is 0 Å². The first kappa shape index (κ1) is 12.4. The summed E-state index contributed by atoms with van der Waals surface area (Å²) in [5.74, 6) is 0.241. The fourth-order valence-electron chi connectivity index (χ4n) is 2.23. The molecule has 1 saturated heterocycles. The van der Waals surface area contributed by atoms with Crippen molar-refractivity contribution in [2.45, 2.75) is 24.9 Å². The number of hydrogen-bond donors (Lipinski definition) is 0. The van der Waals surface area contributed by atoms with E-state index in [4.69, 9.17) is 0 Å². The maximum atomic E-state index is 12.6. The van der Waals surface area contributed by atoms with Gasteiger partial charge in [0.15, 0.2) is 0 Å². The molecule has 0 N–H and O–H groups in total. The van der Waals surface area contributed by atoms with E-state index in [1.807, 2.05) is 7.05 Å². The van der Waals surface area contributed by atoms with Gasteiger partial charge in [-0.05, 0) is 62.7 Å². The number of alkyl halides is 3. The van der Waals surface area contributed by atoms with Gasteiger partial charge >= 0.3 is 6.18 Å². The molecule has 1 heterocycles. The minimum atomic E-state index is -4.27. The van der Waals surface area contributed by atoms with Crippen LogP contribution in [0.3, 0.4) is 0 Å². The van der Waals surface area contributed by atoms with Crippen LogP contribution in [0.15, 0.2) is 18.2 Å². The molecule has 0 atom stereocenters. The van der Waals surface area contributed by atoms with Gasteiger partial charge in [-0.3, -0.25) is 0 Å². The molecule has 1 aromatic carbocycles. The lowest BCUT2D eigenvalue weighted by molar-refractivity contribution is -0.137. The van der Waals surface area contributed by atoms with Gasteiger partial charge in [0.1, 0.15) is 0 Å². The average molecular weight is 242 g/mol. The van der Waals surface area contributed by atoms with E-state index in [2.05, 4.69) is 11.0 Å². The van der Waals surface area contributed by atoms with Crippen LogP contribution in [0, 0.1) is 6.07 Å². The van der Waals surface area contributed by atoms with Gasteiger partial charge in [-0.2, -0.15) is 13.2 Å². The van der Waals surface area contributed by atoms with Crippen LogP contribution < -0.4 is 0 Å². The van der Waals surface area contributed by atoms with E-state index in [0.717, 1.165) is 37.6 Å². The molecule has 1 fully saturated rings. The summed E-state index contributed by atoms with van der Waals surface area (Å²) in [7, 11) is 2.04. The van der Waals surface area contributed by atoms with Crippen molar-refractivity contribution >= 4 is 0 Å². The predicted molar refractivity (Wildman–Crippen MR) is 59.8 cm³/mol. The molecule has 0 bridgehead atoms. The van der Waals surface area contributed by atoms with E-state index in [1.54, 1.807) is 6.07 Å². The molecule has 1 aliphatic rings. The second-order valence-corrected chi connectivity index (χ2v) is 4.63. The summed E-state index contributed by atoms with van der Waals surface area (Å²) in [5.41, 5.74) is 0.182. The lowest BCUT2D eigenvalue weighted by atomic mass is 9.89. The Bertz CT molecular complexity index is 378. The van der Waals surface area contributed by atoms with Gasteiger partial charge in [0.2, 0.25) is 0 Å². The van der Waals surface area contributed by atoms with Gasteiger partial charge in [-0.1, -0.05) is 6.07 Å². The molecule has 0 aromatic heterocycles. The van der Waals surface area contributed by atoms with Crippen molar-refractivity contribution in [2.24, 2.45) is 0 Å². The van der Waals surface area contributed by atoms with Crippen molar-refractivity contribution in [2.75, 3.05) is 20.1 Å². The van der Waals surface area contributed by atoms with E-state index in [-0.39, 0.29) is 5.92 Å². The van der Waals surface area contributed by atoms with Gasteiger partial charge < -0.3 is 4.90 Å². The van der Waals surface area contributed by atoms with Crippen molar-refractivity contribution in [3.63, 3.8) is 0 Å². The zero-order valence-corrected chi connectivity index (χ0v) is 9.72. The fraction of sp³-hybridized carbons (Fsp3) is 0.538. The van der Waals surface area contributed by atoms with Gasteiger partial charge in [-0.25, -0.2) is 0 Å². The van der Waals surface area contributed by atoms with Crippen molar-refractivity contribution in [1.29, 1.82) is 0 Å². The molecule has 0 aliphatic carbocycles. The zero-order valence-electron chi connectivity index (χ0n) is 9.72. The van der Waals surface area contributed by atoms with E-state index in [0.29, 0.717) is 0 Å². The van der Waals surface area contributed by atoms with Gasteiger partial charge in [-0.15, -0.1) is 0 Å². The highest BCUT2D eigenvalue weighted by molar-refractivity contribution is 5.28. The summed E-state index contributed by atoms with van der Waals surface area (Å²) in [5, 5.41) is 0. The van der Waals surface area contributed by atoms with E-state index in [9.17, 15) is 13.2 Å². The normalized spacial score (nSPS) is 19.5. The molecule has 1 aromatic rings. The summed E-state index contributed by atoms with van der Waals surface area (Å²) < 4.78 is 37.7. The minimum Gasteiger partial charge on any atom is -0.306 e. The monoisotopic (exact) mass is 242 g/mol. The molecule has 2 rings (SSSR count). The first-order valence-corrected chi connectivity index (χ1v) is 5.73. The highest BCUT2D eigenvalue weighted by Gasteiger charge is 2.31. The van der Waals surface area contributed by atoms with Crippen molar-refractivity contribution in [3.05, 3.63) is 35.4 Å². The van der Waals surface area contributed by atoms with Crippen molar-refractivity contribution < 1.29 is 13.2 Å². The van der Waals surface area contributed by atoms with Crippen molar-refractivity contribution in [1.82, 2.24) is 4.90 Å². The highest BCUT2D eigenvalue weighted by atomic mass is 19.4. The minimum absolute atomic E-state index is 0.241. The Morgan fingerprint density at radius 3 is 2.47 bits per heavy atom. The topological polar surface area (TPSA) is 3.24 Å². The molecule has 17 heavy (non-hydrogen) atoms.